The van der Waals surface area contributed by atoms with Crippen LogP contribution in [0.2, 0.25) is 0 Å². The Kier molecular flexibility index (Phi) is 6.35. The summed E-state index contributed by atoms with van der Waals surface area (Å²) in [5.41, 5.74) is 4.28. The maximum Gasteiger partial charge on any atom is 0.0945 e. The van der Waals surface area contributed by atoms with Gasteiger partial charge in [-0.05, 0) is 26.9 Å². The number of hydrogen-bond donors (Lipinski definition) is 2. The molecule has 0 fully saturated rings. The largest absolute Gasteiger partial charge is 0.297 e. The molecule has 0 spiro atoms. The summed E-state index contributed by atoms with van der Waals surface area (Å²) in [6, 6.07) is 0.177. The monoisotopic (exact) mass is 312 g/mol. The minimum Gasteiger partial charge on any atom is -0.297 e. The second-order valence-corrected chi connectivity index (χ2v) is 8.07. The van der Waals surface area contributed by atoms with Gasteiger partial charge in [0.15, 0.2) is 0 Å². The van der Waals surface area contributed by atoms with E-state index in [0.717, 1.165) is 24.5 Å². The third-order valence-corrected chi connectivity index (χ3v) is 5.20. The fraction of sp³-hybridized carbons (Fsp3) is 0.812. The van der Waals surface area contributed by atoms with E-state index >= 15 is 0 Å². The van der Waals surface area contributed by atoms with Crippen LogP contribution >= 0.6 is 11.3 Å². The number of rotatable bonds is 7. The zero-order valence-electron chi connectivity index (χ0n) is 14.7. The molecule has 0 saturated carbocycles. The summed E-state index contributed by atoms with van der Waals surface area (Å²) in [6.07, 6.45) is 0.862. The van der Waals surface area contributed by atoms with Crippen LogP contribution < -0.4 is 11.3 Å². The van der Waals surface area contributed by atoms with Crippen molar-refractivity contribution in [2.24, 2.45) is 5.84 Å². The minimum absolute atomic E-state index is 0.00812. The first-order chi connectivity index (χ1) is 9.66. The normalized spacial score (nSPS) is 14.7. The Bertz CT molecular complexity index is 430. The van der Waals surface area contributed by atoms with Crippen LogP contribution in [0, 0.1) is 0 Å². The topological polar surface area (TPSA) is 54.2 Å². The van der Waals surface area contributed by atoms with E-state index in [4.69, 9.17) is 10.8 Å². The van der Waals surface area contributed by atoms with Crippen LogP contribution in [-0.4, -0.2) is 34.6 Å². The molecule has 1 atom stereocenters. The van der Waals surface area contributed by atoms with Crippen molar-refractivity contribution < 1.29 is 0 Å². The van der Waals surface area contributed by atoms with E-state index in [9.17, 15) is 0 Å². The Morgan fingerprint density at radius 1 is 1.24 bits per heavy atom. The number of aromatic nitrogens is 1. The molecule has 21 heavy (non-hydrogen) atoms. The van der Waals surface area contributed by atoms with Crippen molar-refractivity contribution in [2.75, 3.05) is 13.1 Å². The number of hydrogen-bond acceptors (Lipinski definition) is 5. The van der Waals surface area contributed by atoms with Crippen LogP contribution in [-0.2, 0) is 11.8 Å². The molecule has 0 amide bonds. The molecule has 1 heterocycles. The van der Waals surface area contributed by atoms with Crippen molar-refractivity contribution in [2.45, 2.75) is 71.9 Å². The molecule has 1 rings (SSSR count). The molecule has 5 heteroatoms. The number of nitrogens with zero attached hydrogens (tertiary/aromatic N) is 2. The highest BCUT2D eigenvalue weighted by atomic mass is 32.1. The van der Waals surface area contributed by atoms with E-state index in [1.165, 1.54) is 5.69 Å². The minimum atomic E-state index is -0.00812. The summed E-state index contributed by atoms with van der Waals surface area (Å²) in [6.45, 7) is 17.5. The molecule has 0 aromatic carbocycles. The third kappa shape index (κ3) is 4.49. The van der Waals surface area contributed by atoms with Crippen LogP contribution in [0.15, 0.2) is 5.38 Å². The van der Waals surface area contributed by atoms with E-state index in [2.05, 4.69) is 64.2 Å². The molecule has 0 aliphatic rings. The number of likely N-dealkylation sites (N-methyl/N-ethyl adjacent to an activating group) is 1. The second kappa shape index (κ2) is 7.18. The van der Waals surface area contributed by atoms with E-state index in [-0.39, 0.29) is 17.0 Å². The van der Waals surface area contributed by atoms with Gasteiger partial charge in [0.2, 0.25) is 0 Å². The van der Waals surface area contributed by atoms with Gasteiger partial charge in [0.1, 0.15) is 0 Å². The van der Waals surface area contributed by atoms with Crippen molar-refractivity contribution >= 4 is 11.3 Å². The third-order valence-electron chi connectivity index (χ3n) is 4.33. The van der Waals surface area contributed by atoms with Gasteiger partial charge < -0.3 is 0 Å². The van der Waals surface area contributed by atoms with E-state index < -0.39 is 0 Å². The zero-order chi connectivity index (χ0) is 16.3. The molecular formula is C16H32N4S. The van der Waals surface area contributed by atoms with Crippen LogP contribution in [0.3, 0.4) is 0 Å². The molecular weight excluding hydrogens is 280 g/mol. The standard InChI is InChI=1S/C16H32N4S/c1-8-20(9-2)16(6,7)12(19-17)10-14-18-13(11-21-14)15(3,4)5/h11-12,19H,8-10,17H2,1-7H3. The zero-order valence-corrected chi connectivity index (χ0v) is 15.5. The van der Waals surface area contributed by atoms with Gasteiger partial charge in [-0.2, -0.15) is 0 Å². The Balaban J connectivity index is 2.89. The van der Waals surface area contributed by atoms with Gasteiger partial charge >= 0.3 is 0 Å². The number of thiazole rings is 1. The van der Waals surface area contributed by atoms with Gasteiger partial charge in [0, 0.05) is 28.8 Å². The summed E-state index contributed by atoms with van der Waals surface area (Å²) in [4.78, 5) is 7.24. The molecule has 1 aromatic heterocycles. The summed E-state index contributed by atoms with van der Waals surface area (Å²) in [5, 5.41) is 3.33. The summed E-state index contributed by atoms with van der Waals surface area (Å²) in [7, 11) is 0. The molecule has 1 unspecified atom stereocenters. The lowest BCUT2D eigenvalue weighted by Gasteiger charge is -2.43. The Hall–Kier alpha value is -0.490. The first-order valence-corrected chi connectivity index (χ1v) is 8.70. The highest BCUT2D eigenvalue weighted by molar-refractivity contribution is 7.09. The smallest absolute Gasteiger partial charge is 0.0945 e. The average Bonchev–Trinajstić information content (AvgIpc) is 2.85. The molecule has 0 radical (unpaired) electrons. The molecule has 3 N–H and O–H groups in total. The maximum absolute atomic E-state index is 5.85. The molecule has 0 aliphatic heterocycles. The summed E-state index contributed by atoms with van der Waals surface area (Å²) >= 11 is 1.74. The Labute approximate surface area is 134 Å². The van der Waals surface area contributed by atoms with Crippen molar-refractivity contribution in [3.8, 4) is 0 Å². The Morgan fingerprint density at radius 3 is 2.19 bits per heavy atom. The molecule has 4 nitrogen and oxygen atoms in total. The van der Waals surface area contributed by atoms with Crippen LogP contribution in [0.4, 0.5) is 0 Å². The molecule has 0 aliphatic carbocycles. The maximum atomic E-state index is 5.85. The van der Waals surface area contributed by atoms with Gasteiger partial charge in [0.25, 0.3) is 0 Å². The van der Waals surface area contributed by atoms with Gasteiger partial charge in [-0.25, -0.2) is 4.98 Å². The number of nitrogens with one attached hydrogen (secondary N) is 1. The number of hydrazine groups is 1. The lowest BCUT2D eigenvalue weighted by atomic mass is 9.90. The summed E-state index contributed by atoms with van der Waals surface area (Å²) in [5.74, 6) is 5.85. The van der Waals surface area contributed by atoms with Crippen molar-refractivity contribution in [1.29, 1.82) is 0 Å². The first-order valence-electron chi connectivity index (χ1n) is 7.82. The Morgan fingerprint density at radius 2 is 1.81 bits per heavy atom. The second-order valence-electron chi connectivity index (χ2n) is 7.13. The van der Waals surface area contributed by atoms with Crippen LogP contribution in [0.1, 0.15) is 59.2 Å². The number of nitrogens with two attached hydrogens (primary N) is 1. The van der Waals surface area contributed by atoms with E-state index in [1.807, 2.05) is 0 Å². The van der Waals surface area contributed by atoms with Crippen molar-refractivity contribution in [3.05, 3.63) is 16.1 Å². The molecule has 0 bridgehead atoms. The molecule has 0 saturated heterocycles. The molecule has 1 aromatic rings. The van der Waals surface area contributed by atoms with E-state index in [0.29, 0.717) is 0 Å². The quantitative estimate of drug-likeness (QED) is 0.600. The highest BCUT2D eigenvalue weighted by Crippen LogP contribution is 2.27. The van der Waals surface area contributed by atoms with Crippen molar-refractivity contribution in [3.63, 3.8) is 0 Å². The van der Waals surface area contributed by atoms with Crippen molar-refractivity contribution in [1.82, 2.24) is 15.3 Å². The SMILES string of the molecule is CCN(CC)C(C)(C)C(Cc1nc(C(C)(C)C)cs1)NN. The lowest BCUT2D eigenvalue weighted by molar-refractivity contribution is 0.0911. The van der Waals surface area contributed by atoms with Gasteiger partial charge in [-0.3, -0.25) is 16.2 Å². The highest BCUT2D eigenvalue weighted by Gasteiger charge is 2.34. The fourth-order valence-corrected chi connectivity index (χ4v) is 3.76. The van der Waals surface area contributed by atoms with Crippen LogP contribution in [0.25, 0.3) is 0 Å². The average molecular weight is 313 g/mol. The van der Waals surface area contributed by atoms with Gasteiger partial charge in [-0.1, -0.05) is 34.6 Å². The van der Waals surface area contributed by atoms with Gasteiger partial charge in [-0.15, -0.1) is 11.3 Å². The van der Waals surface area contributed by atoms with Gasteiger partial charge in [0.05, 0.1) is 10.7 Å². The van der Waals surface area contributed by atoms with E-state index in [1.54, 1.807) is 11.3 Å². The van der Waals surface area contributed by atoms with Crippen LogP contribution in [0.5, 0.6) is 0 Å². The first kappa shape index (κ1) is 18.6. The predicted octanol–water partition coefficient (Wildman–Crippen LogP) is 2.94. The molecule has 122 valence electrons. The predicted molar refractivity (Wildman–Crippen MR) is 92.6 cm³/mol. The fourth-order valence-electron chi connectivity index (χ4n) is 2.70. The lowest BCUT2D eigenvalue weighted by Crippen LogP contribution is -2.60. The summed E-state index contributed by atoms with van der Waals surface area (Å²) < 4.78 is 0.